The zero-order chi connectivity index (χ0) is 19.9. The summed E-state index contributed by atoms with van der Waals surface area (Å²) in [6.45, 7) is 1.88. The van der Waals surface area contributed by atoms with Crippen LogP contribution >= 0.6 is 27.7 Å². The molecule has 2 aromatic carbocycles. The van der Waals surface area contributed by atoms with Gasteiger partial charge < -0.3 is 0 Å². The van der Waals surface area contributed by atoms with E-state index in [0.717, 1.165) is 10.2 Å². The van der Waals surface area contributed by atoms with Crippen LogP contribution in [0.25, 0.3) is 5.69 Å². The maximum absolute atomic E-state index is 12.5. The number of amides is 2. The third-order valence-corrected chi connectivity index (χ3v) is 5.58. The van der Waals surface area contributed by atoms with Gasteiger partial charge in [0.15, 0.2) is 0 Å². The number of carbonyl (C=O) groups is 2. The molecule has 3 aromatic rings. The van der Waals surface area contributed by atoms with Gasteiger partial charge in [0, 0.05) is 10.0 Å². The van der Waals surface area contributed by atoms with Gasteiger partial charge in [0.05, 0.1) is 10.9 Å². The summed E-state index contributed by atoms with van der Waals surface area (Å²) in [7, 11) is 0. The number of hydrogen-bond donors (Lipinski definition) is 2. The highest BCUT2D eigenvalue weighted by atomic mass is 79.9. The number of thioether (sulfide) groups is 1. The van der Waals surface area contributed by atoms with Crippen LogP contribution in [0.1, 0.15) is 23.7 Å². The molecule has 144 valence electrons. The molecule has 0 radical (unpaired) electrons. The highest BCUT2D eigenvalue weighted by molar-refractivity contribution is 9.10. The Morgan fingerprint density at radius 1 is 1.11 bits per heavy atom. The molecule has 0 aliphatic rings. The summed E-state index contributed by atoms with van der Waals surface area (Å²) >= 11 is 4.55. The fourth-order valence-electron chi connectivity index (χ4n) is 2.31. The number of halogens is 1. The standard InChI is InChI=1S/C18H17BrN6O2S/c1-2-15(17(27)21-20-16(26)12-8-10-13(19)11-9-12)28-18-22-23-24-25(18)14-6-4-3-5-7-14/h3-11,15H,2H2,1H3,(H,20,26)(H,21,27). The average Bonchev–Trinajstić information content (AvgIpc) is 3.19. The second kappa shape index (κ2) is 9.47. The van der Waals surface area contributed by atoms with Crippen molar-refractivity contribution in [3.8, 4) is 5.69 Å². The summed E-state index contributed by atoms with van der Waals surface area (Å²) in [5, 5.41) is 11.7. The van der Waals surface area contributed by atoms with Crippen LogP contribution in [0.5, 0.6) is 0 Å². The van der Waals surface area contributed by atoms with Crippen molar-refractivity contribution in [2.75, 3.05) is 0 Å². The van der Waals surface area contributed by atoms with Crippen molar-refractivity contribution in [1.82, 2.24) is 31.1 Å². The molecule has 0 aliphatic heterocycles. The normalized spacial score (nSPS) is 11.6. The van der Waals surface area contributed by atoms with Crippen LogP contribution < -0.4 is 10.9 Å². The van der Waals surface area contributed by atoms with Crippen LogP contribution in [-0.4, -0.2) is 37.3 Å². The maximum atomic E-state index is 12.5. The third-order valence-electron chi connectivity index (χ3n) is 3.76. The molecule has 10 heteroatoms. The molecule has 1 unspecified atom stereocenters. The van der Waals surface area contributed by atoms with Gasteiger partial charge >= 0.3 is 0 Å². The van der Waals surface area contributed by atoms with Crippen LogP contribution in [0, 0.1) is 0 Å². The van der Waals surface area contributed by atoms with E-state index in [1.165, 1.54) is 11.8 Å². The molecule has 0 aliphatic carbocycles. The minimum Gasteiger partial charge on any atom is -0.272 e. The molecule has 1 atom stereocenters. The van der Waals surface area contributed by atoms with Crippen molar-refractivity contribution in [2.24, 2.45) is 0 Å². The molecule has 1 aromatic heterocycles. The number of aromatic nitrogens is 4. The second-order valence-electron chi connectivity index (χ2n) is 5.67. The largest absolute Gasteiger partial charge is 0.272 e. The molecule has 28 heavy (non-hydrogen) atoms. The molecule has 0 bridgehead atoms. The molecule has 2 N–H and O–H groups in total. The Morgan fingerprint density at radius 2 is 1.82 bits per heavy atom. The number of carbonyl (C=O) groups excluding carboxylic acids is 2. The van der Waals surface area contributed by atoms with Gasteiger partial charge in [0.25, 0.3) is 11.8 Å². The fraction of sp³-hybridized carbons (Fsp3) is 0.167. The quantitative estimate of drug-likeness (QED) is 0.433. The highest BCUT2D eigenvalue weighted by Gasteiger charge is 2.22. The molecular weight excluding hydrogens is 444 g/mol. The topological polar surface area (TPSA) is 102 Å². The minimum atomic E-state index is -0.473. The highest BCUT2D eigenvalue weighted by Crippen LogP contribution is 2.24. The van der Waals surface area contributed by atoms with E-state index in [1.807, 2.05) is 37.3 Å². The first kappa shape index (κ1) is 20.0. The van der Waals surface area contributed by atoms with E-state index in [1.54, 1.807) is 28.9 Å². The van der Waals surface area contributed by atoms with Crippen molar-refractivity contribution < 1.29 is 9.59 Å². The van der Waals surface area contributed by atoms with Crippen molar-refractivity contribution >= 4 is 39.5 Å². The van der Waals surface area contributed by atoms with E-state index in [-0.39, 0.29) is 5.91 Å². The molecule has 3 rings (SSSR count). The molecule has 0 spiro atoms. The van der Waals surface area contributed by atoms with Crippen LogP contribution in [0.3, 0.4) is 0 Å². The predicted octanol–water partition coefficient (Wildman–Crippen LogP) is 2.76. The number of nitrogens with one attached hydrogen (secondary N) is 2. The smallest absolute Gasteiger partial charge is 0.269 e. The minimum absolute atomic E-state index is 0.333. The molecule has 0 fully saturated rings. The van der Waals surface area contributed by atoms with Gasteiger partial charge in [-0.05, 0) is 53.2 Å². The van der Waals surface area contributed by atoms with E-state index in [4.69, 9.17) is 0 Å². The number of hydrazine groups is 1. The van der Waals surface area contributed by atoms with Crippen molar-refractivity contribution in [3.63, 3.8) is 0 Å². The lowest BCUT2D eigenvalue weighted by atomic mass is 10.2. The van der Waals surface area contributed by atoms with Gasteiger partial charge in [-0.1, -0.05) is 52.8 Å². The van der Waals surface area contributed by atoms with E-state index >= 15 is 0 Å². The Balaban J connectivity index is 1.62. The summed E-state index contributed by atoms with van der Waals surface area (Å²) in [6.07, 6.45) is 0.534. The average molecular weight is 461 g/mol. The Kier molecular flexibility index (Phi) is 6.77. The summed E-state index contributed by atoms with van der Waals surface area (Å²) in [6, 6.07) is 16.2. The number of rotatable bonds is 6. The third kappa shape index (κ3) is 4.96. The summed E-state index contributed by atoms with van der Waals surface area (Å²) in [4.78, 5) is 24.6. The van der Waals surface area contributed by atoms with Gasteiger partial charge in [-0.2, -0.15) is 4.68 Å². The Morgan fingerprint density at radius 3 is 2.50 bits per heavy atom. The first-order valence-corrected chi connectivity index (χ1v) is 10.1. The van der Waals surface area contributed by atoms with E-state index in [0.29, 0.717) is 17.1 Å². The molecule has 0 saturated carbocycles. The molecular formula is C18H17BrN6O2S. The predicted molar refractivity (Wildman–Crippen MR) is 109 cm³/mol. The zero-order valence-corrected chi connectivity index (χ0v) is 17.3. The van der Waals surface area contributed by atoms with Gasteiger partial charge in [0.2, 0.25) is 5.16 Å². The molecule has 2 amide bonds. The van der Waals surface area contributed by atoms with E-state index in [9.17, 15) is 9.59 Å². The second-order valence-corrected chi connectivity index (χ2v) is 7.76. The van der Waals surface area contributed by atoms with Crippen molar-refractivity contribution in [2.45, 2.75) is 23.8 Å². The SMILES string of the molecule is CCC(Sc1nnnn1-c1ccccc1)C(=O)NNC(=O)c1ccc(Br)cc1. The van der Waals surface area contributed by atoms with Crippen LogP contribution in [0.2, 0.25) is 0 Å². The summed E-state index contributed by atoms with van der Waals surface area (Å²) in [5.74, 6) is -0.726. The monoisotopic (exact) mass is 460 g/mol. The van der Waals surface area contributed by atoms with Crippen LogP contribution in [0.15, 0.2) is 64.2 Å². The first-order valence-electron chi connectivity index (χ1n) is 8.44. The lowest BCUT2D eigenvalue weighted by Gasteiger charge is -2.14. The lowest BCUT2D eigenvalue weighted by molar-refractivity contribution is -0.121. The number of para-hydroxylation sites is 1. The summed E-state index contributed by atoms with van der Waals surface area (Å²) in [5.41, 5.74) is 6.14. The number of tetrazole rings is 1. The van der Waals surface area contributed by atoms with E-state index in [2.05, 4.69) is 42.3 Å². The Labute approximate surface area is 174 Å². The lowest BCUT2D eigenvalue weighted by Crippen LogP contribution is -2.45. The Hall–Kier alpha value is -2.72. The zero-order valence-electron chi connectivity index (χ0n) is 14.9. The fourth-order valence-corrected chi connectivity index (χ4v) is 3.48. The molecule has 1 heterocycles. The number of hydrogen-bond acceptors (Lipinski definition) is 6. The van der Waals surface area contributed by atoms with Gasteiger partial charge in [-0.15, -0.1) is 5.10 Å². The van der Waals surface area contributed by atoms with Crippen molar-refractivity contribution in [1.29, 1.82) is 0 Å². The van der Waals surface area contributed by atoms with E-state index < -0.39 is 11.2 Å². The van der Waals surface area contributed by atoms with Crippen LogP contribution in [0.4, 0.5) is 0 Å². The van der Waals surface area contributed by atoms with Crippen molar-refractivity contribution in [3.05, 3.63) is 64.6 Å². The van der Waals surface area contributed by atoms with Crippen LogP contribution in [-0.2, 0) is 4.79 Å². The maximum Gasteiger partial charge on any atom is 0.269 e. The number of nitrogens with zero attached hydrogens (tertiary/aromatic N) is 4. The van der Waals surface area contributed by atoms with Gasteiger partial charge in [0.1, 0.15) is 0 Å². The van der Waals surface area contributed by atoms with Gasteiger partial charge in [-0.3, -0.25) is 20.4 Å². The molecule has 0 saturated heterocycles. The van der Waals surface area contributed by atoms with Gasteiger partial charge in [-0.25, -0.2) is 0 Å². The number of benzene rings is 2. The molecule has 8 nitrogen and oxygen atoms in total. The summed E-state index contributed by atoms with van der Waals surface area (Å²) < 4.78 is 2.44. The Bertz CT molecular complexity index is 948. The first-order chi connectivity index (χ1) is 13.6.